The van der Waals surface area contributed by atoms with Gasteiger partial charge in [0.25, 0.3) is 0 Å². The smallest absolute Gasteiger partial charge is 0.0552 e. The number of nitrogens with two attached hydrogens (primary N) is 2. The number of hydrogen-bond acceptors (Lipinski definition) is 2. The monoisotopic (exact) mass is 212 g/mol. The lowest BCUT2D eigenvalue weighted by Gasteiger charge is -2.33. The van der Waals surface area contributed by atoms with Crippen LogP contribution in [-0.4, -0.2) is 6.17 Å². The highest BCUT2D eigenvalue weighted by atomic mass is 14.9. The van der Waals surface area contributed by atoms with Crippen LogP contribution in [0.4, 0.5) is 0 Å². The van der Waals surface area contributed by atoms with Crippen molar-refractivity contribution in [2.75, 3.05) is 0 Å². The molecule has 3 unspecified atom stereocenters. The third kappa shape index (κ3) is 3.76. The van der Waals surface area contributed by atoms with Gasteiger partial charge in [0, 0.05) is 0 Å². The average Bonchev–Trinajstić information content (AvgIpc) is 2.10. The van der Waals surface area contributed by atoms with Crippen LogP contribution in [-0.2, 0) is 0 Å². The third-order valence-electron chi connectivity index (χ3n) is 4.27. The second kappa shape index (κ2) is 5.86. The molecule has 0 saturated heterocycles. The van der Waals surface area contributed by atoms with Crippen molar-refractivity contribution in [1.29, 1.82) is 0 Å². The van der Waals surface area contributed by atoms with E-state index in [2.05, 4.69) is 20.8 Å². The van der Waals surface area contributed by atoms with Crippen LogP contribution in [0.3, 0.4) is 0 Å². The molecule has 0 bridgehead atoms. The summed E-state index contributed by atoms with van der Waals surface area (Å²) in [5.41, 5.74) is 11.7. The Bertz CT molecular complexity index is 177. The Morgan fingerprint density at radius 2 is 1.67 bits per heavy atom. The minimum absolute atomic E-state index is 0.115. The van der Waals surface area contributed by atoms with Gasteiger partial charge >= 0.3 is 0 Å². The molecule has 2 nitrogen and oxygen atoms in total. The van der Waals surface area contributed by atoms with E-state index in [0.29, 0.717) is 11.8 Å². The molecule has 0 aromatic carbocycles. The Kier molecular flexibility index (Phi) is 5.07. The largest absolute Gasteiger partial charge is 0.316 e. The van der Waals surface area contributed by atoms with Crippen LogP contribution in [0.15, 0.2) is 0 Å². The Morgan fingerprint density at radius 1 is 1.00 bits per heavy atom. The van der Waals surface area contributed by atoms with Gasteiger partial charge in [-0.15, -0.1) is 0 Å². The molecule has 90 valence electrons. The van der Waals surface area contributed by atoms with Crippen LogP contribution in [0.5, 0.6) is 0 Å². The summed E-state index contributed by atoms with van der Waals surface area (Å²) in [6.07, 6.45) is 6.45. The molecule has 1 fully saturated rings. The Labute approximate surface area is 94.8 Å². The molecular formula is C13H28N2. The van der Waals surface area contributed by atoms with Crippen LogP contribution in [0.25, 0.3) is 0 Å². The molecule has 0 aliphatic heterocycles. The van der Waals surface area contributed by atoms with E-state index in [-0.39, 0.29) is 6.17 Å². The maximum absolute atomic E-state index is 5.85. The molecule has 1 rings (SSSR count). The van der Waals surface area contributed by atoms with Crippen LogP contribution in [0.2, 0.25) is 0 Å². The standard InChI is InChI=1S/C13H28N2/c1-9(2)11-5-4-6-12(13(14)15)10(3)7-8-11/h9-13H,4-8,14-15H2,1-3H3. The van der Waals surface area contributed by atoms with E-state index in [1.165, 1.54) is 32.1 Å². The number of hydrogen-bond donors (Lipinski definition) is 2. The molecule has 1 aliphatic rings. The van der Waals surface area contributed by atoms with Gasteiger partial charge in [-0.1, -0.05) is 40.0 Å². The molecule has 0 radical (unpaired) electrons. The third-order valence-corrected chi connectivity index (χ3v) is 4.27. The van der Waals surface area contributed by atoms with Crippen molar-refractivity contribution in [3.05, 3.63) is 0 Å². The van der Waals surface area contributed by atoms with E-state index in [1.54, 1.807) is 0 Å². The van der Waals surface area contributed by atoms with Gasteiger partial charge in [-0.3, -0.25) is 0 Å². The van der Waals surface area contributed by atoms with Crippen molar-refractivity contribution in [2.45, 2.75) is 59.0 Å². The van der Waals surface area contributed by atoms with Gasteiger partial charge in [0.2, 0.25) is 0 Å². The van der Waals surface area contributed by atoms with Gasteiger partial charge in [0.05, 0.1) is 6.17 Å². The summed E-state index contributed by atoms with van der Waals surface area (Å²) in [5, 5.41) is 0. The molecule has 15 heavy (non-hydrogen) atoms. The molecule has 0 aromatic rings. The minimum Gasteiger partial charge on any atom is -0.316 e. The second-order valence-corrected chi connectivity index (χ2v) is 5.73. The van der Waals surface area contributed by atoms with Crippen molar-refractivity contribution < 1.29 is 0 Å². The predicted molar refractivity (Wildman–Crippen MR) is 66.2 cm³/mol. The Balaban J connectivity index is 2.50. The van der Waals surface area contributed by atoms with E-state index in [9.17, 15) is 0 Å². The maximum Gasteiger partial charge on any atom is 0.0552 e. The Hall–Kier alpha value is -0.0800. The topological polar surface area (TPSA) is 52.0 Å². The van der Waals surface area contributed by atoms with E-state index in [0.717, 1.165) is 11.8 Å². The quantitative estimate of drug-likeness (QED) is 0.691. The zero-order chi connectivity index (χ0) is 11.4. The van der Waals surface area contributed by atoms with Crippen molar-refractivity contribution >= 4 is 0 Å². The van der Waals surface area contributed by atoms with Crippen molar-refractivity contribution in [2.24, 2.45) is 35.1 Å². The zero-order valence-electron chi connectivity index (χ0n) is 10.6. The lowest BCUT2D eigenvalue weighted by atomic mass is 9.75. The van der Waals surface area contributed by atoms with E-state index < -0.39 is 0 Å². The molecule has 0 amide bonds. The summed E-state index contributed by atoms with van der Waals surface area (Å²) in [6, 6.07) is 0. The van der Waals surface area contributed by atoms with Gasteiger partial charge in [-0.25, -0.2) is 0 Å². The van der Waals surface area contributed by atoms with Crippen LogP contribution < -0.4 is 11.5 Å². The average molecular weight is 212 g/mol. The Morgan fingerprint density at radius 3 is 2.20 bits per heavy atom. The van der Waals surface area contributed by atoms with E-state index in [4.69, 9.17) is 11.5 Å². The van der Waals surface area contributed by atoms with Gasteiger partial charge < -0.3 is 11.5 Å². The zero-order valence-corrected chi connectivity index (χ0v) is 10.6. The summed E-state index contributed by atoms with van der Waals surface area (Å²) in [7, 11) is 0. The van der Waals surface area contributed by atoms with Crippen molar-refractivity contribution in [1.82, 2.24) is 0 Å². The fourth-order valence-electron chi connectivity index (χ4n) is 2.97. The van der Waals surface area contributed by atoms with Crippen LogP contribution in [0, 0.1) is 23.7 Å². The maximum atomic E-state index is 5.85. The lowest BCUT2D eigenvalue weighted by molar-refractivity contribution is 0.194. The first kappa shape index (κ1) is 13.0. The van der Waals surface area contributed by atoms with Crippen LogP contribution >= 0.6 is 0 Å². The predicted octanol–water partition coefficient (Wildman–Crippen LogP) is 2.72. The molecule has 4 N–H and O–H groups in total. The summed E-state index contributed by atoms with van der Waals surface area (Å²) in [5.74, 6) is 2.99. The highest BCUT2D eigenvalue weighted by Crippen LogP contribution is 2.33. The van der Waals surface area contributed by atoms with E-state index in [1.807, 2.05) is 0 Å². The highest BCUT2D eigenvalue weighted by molar-refractivity contribution is 4.78. The molecule has 1 saturated carbocycles. The molecule has 1 aliphatic carbocycles. The summed E-state index contributed by atoms with van der Waals surface area (Å²) in [6.45, 7) is 7.02. The first-order valence-electron chi connectivity index (χ1n) is 6.53. The van der Waals surface area contributed by atoms with Crippen molar-refractivity contribution in [3.8, 4) is 0 Å². The molecule has 2 heteroatoms. The number of rotatable bonds is 2. The first-order chi connectivity index (χ1) is 7.02. The second-order valence-electron chi connectivity index (χ2n) is 5.73. The normalized spacial score (nSPS) is 34.2. The van der Waals surface area contributed by atoms with Gasteiger partial charge in [-0.05, 0) is 36.5 Å². The van der Waals surface area contributed by atoms with Gasteiger partial charge in [0.15, 0.2) is 0 Å². The molecule has 0 aromatic heterocycles. The summed E-state index contributed by atoms with van der Waals surface area (Å²) >= 11 is 0. The van der Waals surface area contributed by atoms with Crippen LogP contribution in [0.1, 0.15) is 52.9 Å². The molecule has 0 spiro atoms. The fraction of sp³-hybridized carbons (Fsp3) is 1.00. The highest BCUT2D eigenvalue weighted by Gasteiger charge is 2.26. The minimum atomic E-state index is -0.115. The molecule has 3 atom stereocenters. The van der Waals surface area contributed by atoms with E-state index >= 15 is 0 Å². The summed E-state index contributed by atoms with van der Waals surface area (Å²) < 4.78 is 0. The fourth-order valence-corrected chi connectivity index (χ4v) is 2.97. The van der Waals surface area contributed by atoms with Crippen molar-refractivity contribution in [3.63, 3.8) is 0 Å². The SMILES string of the molecule is CC(C)C1CCCC(C(N)N)C(C)CC1. The van der Waals surface area contributed by atoms with Gasteiger partial charge in [0.1, 0.15) is 0 Å². The van der Waals surface area contributed by atoms with Gasteiger partial charge in [-0.2, -0.15) is 0 Å². The molecular weight excluding hydrogens is 184 g/mol. The summed E-state index contributed by atoms with van der Waals surface area (Å²) in [4.78, 5) is 0. The first-order valence-corrected chi connectivity index (χ1v) is 6.53. The lowest BCUT2D eigenvalue weighted by Crippen LogP contribution is -2.42. The molecule has 0 heterocycles.